The van der Waals surface area contributed by atoms with Gasteiger partial charge in [-0.15, -0.1) is 10.2 Å². The third-order valence-corrected chi connectivity index (χ3v) is 4.64. The molecule has 0 aliphatic heterocycles. The number of aryl methyl sites for hydroxylation is 2. The van der Waals surface area contributed by atoms with Crippen LogP contribution in [0, 0.1) is 6.92 Å². The number of nitrogens with zero attached hydrogens (tertiary/aromatic N) is 3. The van der Waals surface area contributed by atoms with E-state index in [2.05, 4.69) is 15.5 Å². The Hall–Kier alpha value is -2.71. The second kappa shape index (κ2) is 7.67. The summed E-state index contributed by atoms with van der Waals surface area (Å²) >= 11 is 7.33. The molecular formula is C17H15ClN4O3S. The topological polar surface area (TPSA) is 86.1 Å². The van der Waals surface area contributed by atoms with Gasteiger partial charge in [-0.2, -0.15) is 0 Å². The lowest BCUT2D eigenvalue weighted by atomic mass is 10.2. The predicted molar refractivity (Wildman–Crippen MR) is 100 cm³/mol. The van der Waals surface area contributed by atoms with Gasteiger partial charge in [0.1, 0.15) is 17.3 Å². The van der Waals surface area contributed by atoms with E-state index in [0.717, 1.165) is 10.6 Å². The maximum atomic E-state index is 12.3. The molecule has 0 aliphatic rings. The van der Waals surface area contributed by atoms with E-state index in [1.807, 2.05) is 18.2 Å². The van der Waals surface area contributed by atoms with Crippen LogP contribution in [0.1, 0.15) is 21.1 Å². The molecular weight excluding hydrogens is 376 g/mol. The van der Waals surface area contributed by atoms with Crippen LogP contribution in [0.15, 0.2) is 41.3 Å². The van der Waals surface area contributed by atoms with Crippen molar-refractivity contribution >= 4 is 34.0 Å². The number of carbonyl (C=O) groups is 1. The zero-order chi connectivity index (χ0) is 18.7. The molecule has 0 saturated carbocycles. The summed E-state index contributed by atoms with van der Waals surface area (Å²) in [5.41, 5.74) is 0.561. The van der Waals surface area contributed by atoms with Gasteiger partial charge in [-0.05, 0) is 13.0 Å². The van der Waals surface area contributed by atoms with Crippen LogP contribution in [0.25, 0.3) is 0 Å². The van der Waals surface area contributed by atoms with Crippen LogP contribution in [0.3, 0.4) is 0 Å². The van der Waals surface area contributed by atoms with Gasteiger partial charge in [0.25, 0.3) is 5.91 Å². The van der Waals surface area contributed by atoms with Gasteiger partial charge in [-0.3, -0.25) is 14.9 Å². The van der Waals surface area contributed by atoms with Crippen LogP contribution in [0.5, 0.6) is 5.75 Å². The van der Waals surface area contributed by atoms with Gasteiger partial charge >= 0.3 is 0 Å². The van der Waals surface area contributed by atoms with E-state index < -0.39 is 11.3 Å². The van der Waals surface area contributed by atoms with Crippen molar-refractivity contribution in [2.75, 3.05) is 5.32 Å². The van der Waals surface area contributed by atoms with Crippen LogP contribution < -0.4 is 15.5 Å². The van der Waals surface area contributed by atoms with Crippen molar-refractivity contribution in [1.29, 1.82) is 0 Å². The molecule has 9 heteroatoms. The Morgan fingerprint density at radius 3 is 2.81 bits per heavy atom. The van der Waals surface area contributed by atoms with E-state index in [9.17, 15) is 9.59 Å². The lowest BCUT2D eigenvalue weighted by molar-refractivity contribution is 0.101. The largest absolute Gasteiger partial charge is 0.483 e. The molecule has 1 N–H and O–H groups in total. The standard InChI is InChI=1S/C17H15ClN4O3S/c1-10-20-21-17(26-10)19-16(24)13-7-14(23)15(8-22(13)2)25-9-11-5-3-4-6-12(11)18/h3-8H,9H2,1-2H3,(H,19,21,24). The van der Waals surface area contributed by atoms with Gasteiger partial charge in [0.15, 0.2) is 5.75 Å². The minimum absolute atomic E-state index is 0.135. The molecule has 2 heterocycles. The monoisotopic (exact) mass is 390 g/mol. The average Bonchev–Trinajstić information content (AvgIpc) is 3.01. The predicted octanol–water partition coefficient (Wildman–Crippen LogP) is 3.03. The van der Waals surface area contributed by atoms with Crippen molar-refractivity contribution in [3.8, 4) is 5.75 Å². The van der Waals surface area contributed by atoms with Crippen molar-refractivity contribution < 1.29 is 9.53 Å². The number of rotatable bonds is 5. The molecule has 0 radical (unpaired) electrons. The Bertz CT molecular complexity index is 1020. The number of nitrogens with one attached hydrogen (secondary N) is 1. The number of hydrogen-bond donors (Lipinski definition) is 1. The van der Waals surface area contributed by atoms with Gasteiger partial charge in [-0.25, -0.2) is 0 Å². The van der Waals surface area contributed by atoms with Gasteiger partial charge in [0, 0.05) is 23.7 Å². The minimum Gasteiger partial charge on any atom is -0.483 e. The van der Waals surface area contributed by atoms with E-state index in [0.29, 0.717) is 10.2 Å². The van der Waals surface area contributed by atoms with E-state index in [4.69, 9.17) is 16.3 Å². The van der Waals surface area contributed by atoms with Crippen molar-refractivity contribution in [2.45, 2.75) is 13.5 Å². The number of halogens is 1. The van der Waals surface area contributed by atoms with E-state index in [1.54, 1.807) is 20.0 Å². The maximum Gasteiger partial charge on any atom is 0.274 e. The Morgan fingerprint density at radius 1 is 1.35 bits per heavy atom. The summed E-state index contributed by atoms with van der Waals surface area (Å²) in [5, 5.41) is 12.0. The Balaban J connectivity index is 1.76. The summed E-state index contributed by atoms with van der Waals surface area (Å²) in [6.45, 7) is 1.94. The summed E-state index contributed by atoms with van der Waals surface area (Å²) in [6.07, 6.45) is 1.47. The number of pyridine rings is 1. The van der Waals surface area contributed by atoms with Crippen molar-refractivity contribution in [3.05, 3.63) is 68.0 Å². The van der Waals surface area contributed by atoms with Gasteiger partial charge in [0.2, 0.25) is 10.6 Å². The molecule has 0 saturated heterocycles. The third kappa shape index (κ3) is 4.09. The molecule has 3 rings (SSSR count). The lowest BCUT2D eigenvalue weighted by Crippen LogP contribution is -2.21. The average molecular weight is 391 g/mol. The van der Waals surface area contributed by atoms with Crippen LogP contribution in [-0.2, 0) is 13.7 Å². The van der Waals surface area contributed by atoms with Crippen molar-refractivity contribution in [1.82, 2.24) is 14.8 Å². The van der Waals surface area contributed by atoms with Crippen LogP contribution in [0.4, 0.5) is 5.13 Å². The molecule has 2 aromatic heterocycles. The fraction of sp³-hybridized carbons (Fsp3) is 0.176. The number of hydrogen-bond acceptors (Lipinski definition) is 6. The highest BCUT2D eigenvalue weighted by atomic mass is 35.5. The summed E-state index contributed by atoms with van der Waals surface area (Å²) in [4.78, 5) is 24.6. The molecule has 0 atom stereocenters. The molecule has 7 nitrogen and oxygen atoms in total. The highest BCUT2D eigenvalue weighted by molar-refractivity contribution is 7.15. The quantitative estimate of drug-likeness (QED) is 0.723. The summed E-state index contributed by atoms with van der Waals surface area (Å²) in [5.74, 6) is -0.311. The highest BCUT2D eigenvalue weighted by Gasteiger charge is 2.15. The van der Waals surface area contributed by atoms with E-state index in [1.165, 1.54) is 28.2 Å². The molecule has 0 fully saturated rings. The second-order valence-corrected chi connectivity index (χ2v) is 7.05. The zero-order valence-corrected chi connectivity index (χ0v) is 15.6. The molecule has 1 aromatic carbocycles. The number of amides is 1. The fourth-order valence-electron chi connectivity index (χ4n) is 2.22. The SMILES string of the molecule is Cc1nnc(NC(=O)c2cc(=O)c(OCc3ccccc3Cl)cn2C)s1. The maximum absolute atomic E-state index is 12.3. The van der Waals surface area contributed by atoms with Crippen molar-refractivity contribution in [2.24, 2.45) is 7.05 Å². The van der Waals surface area contributed by atoms with Crippen LogP contribution >= 0.6 is 22.9 Å². The number of aromatic nitrogens is 3. The van der Waals surface area contributed by atoms with Gasteiger partial charge < -0.3 is 9.30 Å². The Kier molecular flexibility index (Phi) is 5.34. The molecule has 0 aliphatic carbocycles. The second-order valence-electron chi connectivity index (χ2n) is 5.46. The molecule has 1 amide bonds. The summed E-state index contributed by atoms with van der Waals surface area (Å²) in [7, 11) is 1.65. The molecule has 0 unspecified atom stereocenters. The number of ether oxygens (including phenoxy) is 1. The first-order valence-electron chi connectivity index (χ1n) is 7.62. The van der Waals surface area contributed by atoms with Crippen LogP contribution in [-0.4, -0.2) is 20.7 Å². The first kappa shape index (κ1) is 18.1. The molecule has 26 heavy (non-hydrogen) atoms. The lowest BCUT2D eigenvalue weighted by Gasteiger charge is -2.11. The van der Waals surface area contributed by atoms with Crippen LogP contribution in [0.2, 0.25) is 5.02 Å². The van der Waals surface area contributed by atoms with Crippen molar-refractivity contribution in [3.63, 3.8) is 0 Å². The Morgan fingerprint density at radius 2 is 2.12 bits per heavy atom. The van der Waals surface area contributed by atoms with Gasteiger partial charge in [0.05, 0.1) is 6.20 Å². The number of anilines is 1. The molecule has 0 bridgehead atoms. The Labute approximate surface area is 158 Å². The molecule has 0 spiro atoms. The number of benzene rings is 1. The normalized spacial score (nSPS) is 10.6. The molecule has 134 valence electrons. The fourth-order valence-corrected chi connectivity index (χ4v) is 3.00. The summed E-state index contributed by atoms with van der Waals surface area (Å²) < 4.78 is 7.09. The molecule has 3 aromatic rings. The van der Waals surface area contributed by atoms with Gasteiger partial charge in [-0.1, -0.05) is 41.1 Å². The highest BCUT2D eigenvalue weighted by Crippen LogP contribution is 2.18. The number of carbonyl (C=O) groups excluding carboxylic acids is 1. The smallest absolute Gasteiger partial charge is 0.274 e. The summed E-state index contributed by atoms with van der Waals surface area (Å²) in [6, 6.07) is 8.45. The third-order valence-electron chi connectivity index (χ3n) is 3.52. The van der Waals surface area contributed by atoms with E-state index >= 15 is 0 Å². The zero-order valence-electron chi connectivity index (χ0n) is 14.0. The first-order valence-corrected chi connectivity index (χ1v) is 8.82. The minimum atomic E-state index is -0.446. The van der Waals surface area contributed by atoms with E-state index in [-0.39, 0.29) is 18.1 Å². The first-order chi connectivity index (χ1) is 12.4.